The highest BCUT2D eigenvalue weighted by molar-refractivity contribution is 5.93. The summed E-state index contributed by atoms with van der Waals surface area (Å²) in [6.45, 7) is 8.58. The Morgan fingerprint density at radius 2 is 1.93 bits per heavy atom. The SMILES string of the molecule is COc1ccccc1NC(=O)N/N=C\c1cc2c(cc1C)N(C)C(C)(C)C=C2C. The number of para-hydroxylation sites is 2. The Kier molecular flexibility index (Phi) is 5.64. The van der Waals surface area contributed by atoms with Gasteiger partial charge in [-0.3, -0.25) is 0 Å². The average molecular weight is 393 g/mol. The molecule has 2 amide bonds. The first-order valence-corrected chi connectivity index (χ1v) is 9.54. The maximum atomic E-state index is 12.1. The molecule has 2 N–H and O–H groups in total. The van der Waals surface area contributed by atoms with Gasteiger partial charge in [0, 0.05) is 18.3 Å². The van der Waals surface area contributed by atoms with Crippen molar-refractivity contribution in [2.45, 2.75) is 33.2 Å². The van der Waals surface area contributed by atoms with Crippen LogP contribution in [-0.2, 0) is 0 Å². The Morgan fingerprint density at radius 1 is 1.21 bits per heavy atom. The Labute approximate surface area is 172 Å². The lowest BCUT2D eigenvalue weighted by atomic mass is 9.87. The van der Waals surface area contributed by atoms with Crippen molar-refractivity contribution in [2.75, 3.05) is 24.4 Å². The topological polar surface area (TPSA) is 66.0 Å². The van der Waals surface area contributed by atoms with Crippen LogP contribution in [0.1, 0.15) is 37.5 Å². The van der Waals surface area contributed by atoms with Crippen LogP contribution in [0.2, 0.25) is 0 Å². The van der Waals surface area contributed by atoms with E-state index in [1.165, 1.54) is 16.8 Å². The number of amides is 2. The largest absolute Gasteiger partial charge is 0.495 e. The van der Waals surface area contributed by atoms with Crippen molar-refractivity contribution in [2.24, 2.45) is 5.10 Å². The molecule has 0 saturated carbocycles. The second-order valence-electron chi connectivity index (χ2n) is 7.79. The van der Waals surface area contributed by atoms with Crippen molar-refractivity contribution in [3.63, 3.8) is 0 Å². The molecule has 1 aliphatic heterocycles. The Hall–Kier alpha value is -3.28. The van der Waals surface area contributed by atoms with Gasteiger partial charge in [-0.05, 0) is 68.7 Å². The van der Waals surface area contributed by atoms with E-state index in [2.05, 4.69) is 66.8 Å². The molecule has 0 radical (unpaired) electrons. The second kappa shape index (κ2) is 7.99. The first-order valence-electron chi connectivity index (χ1n) is 9.54. The van der Waals surface area contributed by atoms with Crippen LogP contribution in [0.25, 0.3) is 5.57 Å². The van der Waals surface area contributed by atoms with E-state index in [0.717, 1.165) is 11.1 Å². The van der Waals surface area contributed by atoms with Gasteiger partial charge < -0.3 is 15.0 Å². The zero-order chi connectivity index (χ0) is 21.2. The molecule has 0 spiro atoms. The van der Waals surface area contributed by atoms with Crippen LogP contribution in [0.3, 0.4) is 0 Å². The molecule has 3 rings (SSSR count). The summed E-state index contributed by atoms with van der Waals surface area (Å²) in [4.78, 5) is 14.4. The van der Waals surface area contributed by atoms with E-state index in [1.54, 1.807) is 25.5 Å². The van der Waals surface area contributed by atoms with Crippen molar-refractivity contribution < 1.29 is 9.53 Å². The number of nitrogens with zero attached hydrogens (tertiary/aromatic N) is 2. The Morgan fingerprint density at radius 3 is 2.66 bits per heavy atom. The number of ether oxygens (including phenoxy) is 1. The van der Waals surface area contributed by atoms with Gasteiger partial charge in [0.25, 0.3) is 0 Å². The molecule has 2 aromatic rings. The molecule has 6 heteroatoms. The second-order valence-corrected chi connectivity index (χ2v) is 7.79. The Balaban J connectivity index is 1.75. The molecule has 0 atom stereocenters. The molecule has 0 aliphatic carbocycles. The van der Waals surface area contributed by atoms with Crippen LogP contribution in [0.4, 0.5) is 16.2 Å². The van der Waals surface area contributed by atoms with Gasteiger partial charge in [-0.15, -0.1) is 0 Å². The van der Waals surface area contributed by atoms with Gasteiger partial charge in [0.1, 0.15) is 5.75 Å². The van der Waals surface area contributed by atoms with Crippen molar-refractivity contribution >= 4 is 29.2 Å². The van der Waals surface area contributed by atoms with Crippen molar-refractivity contribution in [3.05, 3.63) is 59.2 Å². The van der Waals surface area contributed by atoms with E-state index in [0.29, 0.717) is 11.4 Å². The molecule has 0 unspecified atom stereocenters. The standard InChI is InChI=1S/C23H28N4O2/c1-15-11-20-18(16(2)13-23(3,4)27(20)5)12-17(15)14-24-26-22(28)25-19-9-7-8-10-21(19)29-6/h7-14H,1-6H3,(H2,25,26,28)/b24-14-. The number of fused-ring (bicyclic) bond motifs is 1. The third-order valence-electron chi connectivity index (χ3n) is 5.33. The predicted octanol–water partition coefficient (Wildman–Crippen LogP) is 4.79. The molecule has 2 aromatic carbocycles. The molecule has 29 heavy (non-hydrogen) atoms. The highest BCUT2D eigenvalue weighted by Crippen LogP contribution is 2.38. The quantitative estimate of drug-likeness (QED) is 0.581. The fraction of sp³-hybridized carbons (Fsp3) is 0.304. The average Bonchev–Trinajstić information content (AvgIpc) is 2.67. The number of allylic oxidation sites excluding steroid dienone is 1. The number of aryl methyl sites for hydroxylation is 1. The number of hydrogen-bond acceptors (Lipinski definition) is 4. The zero-order valence-corrected chi connectivity index (χ0v) is 17.8. The number of hydrazone groups is 1. The maximum absolute atomic E-state index is 12.1. The third kappa shape index (κ3) is 4.26. The molecule has 0 fully saturated rings. The van der Waals surface area contributed by atoms with E-state index in [-0.39, 0.29) is 5.54 Å². The normalized spacial score (nSPS) is 15.0. The van der Waals surface area contributed by atoms with Crippen LogP contribution < -0.4 is 20.4 Å². The number of nitrogens with one attached hydrogen (secondary N) is 2. The zero-order valence-electron chi connectivity index (χ0n) is 17.8. The lowest BCUT2D eigenvalue weighted by Gasteiger charge is -2.41. The lowest BCUT2D eigenvalue weighted by Crippen LogP contribution is -2.42. The van der Waals surface area contributed by atoms with Crippen LogP contribution in [0.15, 0.2) is 47.6 Å². The number of likely N-dealkylation sites (N-methyl/N-ethyl adjacent to an activating group) is 1. The summed E-state index contributed by atoms with van der Waals surface area (Å²) in [5.74, 6) is 0.589. The highest BCUT2D eigenvalue weighted by atomic mass is 16.5. The van der Waals surface area contributed by atoms with Crippen molar-refractivity contribution in [3.8, 4) is 5.75 Å². The fourth-order valence-corrected chi connectivity index (χ4v) is 3.52. The maximum Gasteiger partial charge on any atom is 0.339 e. The van der Waals surface area contributed by atoms with Crippen molar-refractivity contribution in [1.29, 1.82) is 0 Å². The smallest absolute Gasteiger partial charge is 0.339 e. The summed E-state index contributed by atoms with van der Waals surface area (Å²) >= 11 is 0. The number of urea groups is 1. The molecule has 0 bridgehead atoms. The summed E-state index contributed by atoms with van der Waals surface area (Å²) in [5, 5.41) is 6.84. The Bertz CT molecular complexity index is 992. The van der Waals surface area contributed by atoms with Crippen LogP contribution in [0.5, 0.6) is 5.75 Å². The number of carbonyl (C=O) groups is 1. The minimum absolute atomic E-state index is 0.0305. The van der Waals surface area contributed by atoms with Gasteiger partial charge in [0.15, 0.2) is 0 Å². The van der Waals surface area contributed by atoms with Gasteiger partial charge in [-0.2, -0.15) is 5.10 Å². The van der Waals surface area contributed by atoms with E-state index < -0.39 is 6.03 Å². The van der Waals surface area contributed by atoms with Gasteiger partial charge >= 0.3 is 6.03 Å². The molecule has 1 aliphatic rings. The lowest BCUT2D eigenvalue weighted by molar-refractivity contribution is 0.252. The molecule has 0 aromatic heterocycles. The number of rotatable bonds is 4. The molecule has 0 saturated heterocycles. The summed E-state index contributed by atoms with van der Waals surface area (Å²) in [6.07, 6.45) is 3.94. The number of benzene rings is 2. The highest BCUT2D eigenvalue weighted by Gasteiger charge is 2.28. The number of carbonyl (C=O) groups excluding carboxylic acids is 1. The molecule has 6 nitrogen and oxygen atoms in total. The van der Waals surface area contributed by atoms with E-state index >= 15 is 0 Å². The van der Waals surface area contributed by atoms with Gasteiger partial charge in [0.2, 0.25) is 0 Å². The minimum Gasteiger partial charge on any atom is -0.495 e. The van der Waals surface area contributed by atoms with Crippen LogP contribution >= 0.6 is 0 Å². The third-order valence-corrected chi connectivity index (χ3v) is 5.33. The monoisotopic (exact) mass is 392 g/mol. The number of hydrogen-bond donors (Lipinski definition) is 2. The molecule has 152 valence electrons. The van der Waals surface area contributed by atoms with E-state index in [4.69, 9.17) is 4.74 Å². The molecular formula is C23H28N4O2. The fourth-order valence-electron chi connectivity index (χ4n) is 3.52. The van der Waals surface area contributed by atoms with E-state index in [1.807, 2.05) is 19.1 Å². The summed E-state index contributed by atoms with van der Waals surface area (Å²) in [6, 6.07) is 11.1. The van der Waals surface area contributed by atoms with Crippen molar-refractivity contribution in [1.82, 2.24) is 5.43 Å². The van der Waals surface area contributed by atoms with Gasteiger partial charge in [-0.25, -0.2) is 10.2 Å². The summed E-state index contributed by atoms with van der Waals surface area (Å²) < 4.78 is 5.23. The molecule has 1 heterocycles. The van der Waals surface area contributed by atoms with E-state index in [9.17, 15) is 4.79 Å². The van der Waals surface area contributed by atoms with Gasteiger partial charge in [0.05, 0.1) is 24.6 Å². The van der Waals surface area contributed by atoms with Crippen LogP contribution in [0, 0.1) is 6.92 Å². The molecular weight excluding hydrogens is 364 g/mol. The number of anilines is 2. The predicted molar refractivity (Wildman–Crippen MR) is 120 cm³/mol. The van der Waals surface area contributed by atoms with Crippen LogP contribution in [-0.4, -0.2) is 31.9 Å². The van der Waals surface area contributed by atoms with Gasteiger partial charge in [-0.1, -0.05) is 18.2 Å². The minimum atomic E-state index is -0.432. The summed E-state index contributed by atoms with van der Waals surface area (Å²) in [5.41, 5.74) is 8.73. The summed E-state index contributed by atoms with van der Waals surface area (Å²) in [7, 11) is 3.67. The number of methoxy groups -OCH3 is 1. The first kappa shape index (κ1) is 20.5. The first-order chi connectivity index (χ1) is 13.7.